The summed E-state index contributed by atoms with van der Waals surface area (Å²) >= 11 is 0. The van der Waals surface area contributed by atoms with Crippen molar-refractivity contribution in [1.82, 2.24) is 10.3 Å². The number of ether oxygens (including phenoxy) is 1. The number of nitrogens with zero attached hydrogens (tertiary/aromatic N) is 1. The Morgan fingerprint density at radius 1 is 1.61 bits per heavy atom. The van der Waals surface area contributed by atoms with Gasteiger partial charge in [-0.2, -0.15) is 4.39 Å². The van der Waals surface area contributed by atoms with Gasteiger partial charge in [-0.25, -0.2) is 4.98 Å². The van der Waals surface area contributed by atoms with E-state index in [2.05, 4.69) is 10.3 Å². The number of amides is 1. The van der Waals surface area contributed by atoms with E-state index in [-0.39, 0.29) is 23.5 Å². The average Bonchev–Trinajstić information content (AvgIpc) is 2.33. The van der Waals surface area contributed by atoms with Crippen LogP contribution in [0.1, 0.15) is 30.6 Å². The SMILES string of the molecule is COC1CC(NC(=O)c2ccnc(F)c2)C1(C)C. The van der Waals surface area contributed by atoms with Gasteiger partial charge in [0.25, 0.3) is 5.91 Å². The van der Waals surface area contributed by atoms with Crippen LogP contribution in [0.4, 0.5) is 4.39 Å². The maximum atomic E-state index is 12.9. The molecular formula is C13H17FN2O2. The van der Waals surface area contributed by atoms with Crippen LogP contribution in [0.2, 0.25) is 0 Å². The Morgan fingerprint density at radius 3 is 2.89 bits per heavy atom. The fraction of sp³-hybridized carbons (Fsp3) is 0.538. The molecule has 1 aromatic rings. The van der Waals surface area contributed by atoms with Crippen LogP contribution in [0.25, 0.3) is 0 Å². The Labute approximate surface area is 106 Å². The molecule has 0 bridgehead atoms. The van der Waals surface area contributed by atoms with Gasteiger partial charge in [0.05, 0.1) is 6.10 Å². The van der Waals surface area contributed by atoms with Crippen molar-refractivity contribution in [3.05, 3.63) is 29.8 Å². The average molecular weight is 252 g/mol. The van der Waals surface area contributed by atoms with Crippen LogP contribution >= 0.6 is 0 Å². The number of halogens is 1. The number of aromatic nitrogens is 1. The molecule has 0 radical (unpaired) electrons. The van der Waals surface area contributed by atoms with E-state index in [1.54, 1.807) is 7.11 Å². The van der Waals surface area contributed by atoms with Crippen molar-refractivity contribution in [2.45, 2.75) is 32.4 Å². The lowest BCUT2D eigenvalue weighted by Crippen LogP contribution is -2.61. The maximum absolute atomic E-state index is 12.9. The van der Waals surface area contributed by atoms with Crippen molar-refractivity contribution in [1.29, 1.82) is 0 Å². The van der Waals surface area contributed by atoms with Crippen molar-refractivity contribution < 1.29 is 13.9 Å². The monoisotopic (exact) mass is 252 g/mol. The lowest BCUT2D eigenvalue weighted by molar-refractivity contribution is -0.0942. The molecule has 1 heterocycles. The van der Waals surface area contributed by atoms with E-state index in [0.717, 1.165) is 12.5 Å². The molecule has 1 fully saturated rings. The Hall–Kier alpha value is -1.49. The first-order valence-corrected chi connectivity index (χ1v) is 5.90. The van der Waals surface area contributed by atoms with Gasteiger partial charge in [-0.3, -0.25) is 4.79 Å². The summed E-state index contributed by atoms with van der Waals surface area (Å²) in [5, 5.41) is 2.90. The fourth-order valence-electron chi connectivity index (χ4n) is 2.32. The molecule has 1 amide bonds. The summed E-state index contributed by atoms with van der Waals surface area (Å²) in [5.41, 5.74) is 0.190. The minimum absolute atomic E-state index is 0.0474. The minimum Gasteiger partial charge on any atom is -0.381 e. The number of methoxy groups -OCH3 is 1. The van der Waals surface area contributed by atoms with Crippen LogP contribution in [-0.2, 0) is 4.74 Å². The Morgan fingerprint density at radius 2 is 2.33 bits per heavy atom. The third-order valence-corrected chi connectivity index (χ3v) is 3.76. The molecule has 2 atom stereocenters. The largest absolute Gasteiger partial charge is 0.381 e. The Kier molecular flexibility index (Phi) is 3.34. The van der Waals surface area contributed by atoms with Gasteiger partial charge in [0, 0.05) is 36.4 Å². The highest BCUT2D eigenvalue weighted by Crippen LogP contribution is 2.42. The number of carbonyl (C=O) groups is 1. The molecule has 1 aromatic heterocycles. The second kappa shape index (κ2) is 4.65. The number of rotatable bonds is 3. The topological polar surface area (TPSA) is 51.2 Å². The number of carbonyl (C=O) groups excluding carboxylic acids is 1. The normalized spacial score (nSPS) is 25.3. The third kappa shape index (κ3) is 2.22. The van der Waals surface area contributed by atoms with Crippen LogP contribution in [0.3, 0.4) is 0 Å². The second-order valence-electron chi connectivity index (χ2n) is 5.17. The summed E-state index contributed by atoms with van der Waals surface area (Å²) in [7, 11) is 1.67. The molecule has 5 heteroatoms. The summed E-state index contributed by atoms with van der Waals surface area (Å²) in [6, 6.07) is 2.68. The lowest BCUT2D eigenvalue weighted by atomic mass is 9.64. The van der Waals surface area contributed by atoms with Gasteiger partial charge in [-0.1, -0.05) is 13.8 Å². The van der Waals surface area contributed by atoms with Crippen molar-refractivity contribution in [2.75, 3.05) is 7.11 Å². The first-order chi connectivity index (χ1) is 8.45. The molecule has 2 unspecified atom stereocenters. The number of hydrogen-bond donors (Lipinski definition) is 1. The molecule has 1 N–H and O–H groups in total. The van der Waals surface area contributed by atoms with Gasteiger partial charge in [-0.15, -0.1) is 0 Å². The van der Waals surface area contributed by atoms with E-state index in [9.17, 15) is 9.18 Å². The third-order valence-electron chi connectivity index (χ3n) is 3.76. The fourth-order valence-corrected chi connectivity index (χ4v) is 2.32. The molecule has 0 spiro atoms. The molecule has 0 saturated heterocycles. The van der Waals surface area contributed by atoms with E-state index in [0.29, 0.717) is 5.56 Å². The zero-order chi connectivity index (χ0) is 13.3. The number of pyridine rings is 1. The standard InChI is InChI=1S/C13H17FN2O2/c1-13(2)9(7-10(13)18-3)16-12(17)8-4-5-15-11(14)6-8/h4-6,9-10H,7H2,1-3H3,(H,16,17). The number of hydrogen-bond acceptors (Lipinski definition) is 3. The van der Waals surface area contributed by atoms with Crippen LogP contribution in [0.15, 0.2) is 18.3 Å². The molecule has 4 nitrogen and oxygen atoms in total. The second-order valence-corrected chi connectivity index (χ2v) is 5.17. The molecular weight excluding hydrogens is 235 g/mol. The van der Waals surface area contributed by atoms with Crippen molar-refractivity contribution in [3.8, 4) is 0 Å². The predicted octanol–water partition coefficient (Wildman–Crippen LogP) is 1.76. The summed E-state index contributed by atoms with van der Waals surface area (Å²) < 4.78 is 18.2. The summed E-state index contributed by atoms with van der Waals surface area (Å²) in [5.74, 6) is -0.922. The summed E-state index contributed by atoms with van der Waals surface area (Å²) in [4.78, 5) is 15.4. The van der Waals surface area contributed by atoms with Crippen LogP contribution in [0.5, 0.6) is 0 Å². The van der Waals surface area contributed by atoms with E-state index >= 15 is 0 Å². The Bertz CT molecular complexity index is 462. The molecule has 18 heavy (non-hydrogen) atoms. The van der Waals surface area contributed by atoms with Crippen molar-refractivity contribution in [2.24, 2.45) is 5.41 Å². The van der Waals surface area contributed by atoms with Gasteiger partial charge in [0.1, 0.15) is 0 Å². The lowest BCUT2D eigenvalue weighted by Gasteiger charge is -2.51. The first kappa shape index (κ1) is 13.0. The zero-order valence-corrected chi connectivity index (χ0v) is 10.7. The van der Waals surface area contributed by atoms with Gasteiger partial charge in [0.2, 0.25) is 5.95 Å². The molecule has 0 aliphatic heterocycles. The van der Waals surface area contributed by atoms with E-state index in [4.69, 9.17) is 4.74 Å². The number of nitrogens with one attached hydrogen (secondary N) is 1. The summed E-state index contributed by atoms with van der Waals surface area (Å²) in [6.07, 6.45) is 2.22. The van der Waals surface area contributed by atoms with Gasteiger partial charge in [-0.05, 0) is 12.5 Å². The molecule has 1 aliphatic rings. The zero-order valence-electron chi connectivity index (χ0n) is 10.7. The van der Waals surface area contributed by atoms with Gasteiger partial charge < -0.3 is 10.1 Å². The maximum Gasteiger partial charge on any atom is 0.251 e. The highest BCUT2D eigenvalue weighted by Gasteiger charge is 2.49. The highest BCUT2D eigenvalue weighted by atomic mass is 19.1. The van der Waals surface area contributed by atoms with Gasteiger partial charge in [0.15, 0.2) is 0 Å². The smallest absolute Gasteiger partial charge is 0.251 e. The summed E-state index contributed by atoms with van der Waals surface area (Å²) in [6.45, 7) is 4.09. The van der Waals surface area contributed by atoms with E-state index in [1.807, 2.05) is 13.8 Å². The van der Waals surface area contributed by atoms with E-state index < -0.39 is 5.95 Å². The van der Waals surface area contributed by atoms with Crippen molar-refractivity contribution >= 4 is 5.91 Å². The van der Waals surface area contributed by atoms with Crippen molar-refractivity contribution in [3.63, 3.8) is 0 Å². The Balaban J connectivity index is 2.01. The first-order valence-electron chi connectivity index (χ1n) is 5.90. The highest BCUT2D eigenvalue weighted by molar-refractivity contribution is 5.94. The quantitative estimate of drug-likeness (QED) is 0.834. The molecule has 2 rings (SSSR count). The molecule has 0 aromatic carbocycles. The minimum atomic E-state index is -0.648. The molecule has 1 saturated carbocycles. The van der Waals surface area contributed by atoms with E-state index in [1.165, 1.54) is 12.3 Å². The molecule has 98 valence electrons. The predicted molar refractivity (Wildman–Crippen MR) is 64.6 cm³/mol. The van der Waals surface area contributed by atoms with Crippen LogP contribution in [-0.4, -0.2) is 30.1 Å². The van der Waals surface area contributed by atoms with Crippen LogP contribution in [0, 0.1) is 11.4 Å². The molecule has 1 aliphatic carbocycles. The van der Waals surface area contributed by atoms with Gasteiger partial charge >= 0.3 is 0 Å². The van der Waals surface area contributed by atoms with Crippen LogP contribution < -0.4 is 5.32 Å².